The molecule has 5 rings (SSSR count). The van der Waals surface area contributed by atoms with E-state index in [0.717, 1.165) is 54.0 Å². The van der Waals surface area contributed by atoms with E-state index >= 15 is 0 Å². The smallest absolute Gasteiger partial charge is 0.250 e. The molecule has 2 aromatic heterocycles. The Morgan fingerprint density at radius 2 is 1.97 bits per heavy atom. The van der Waals surface area contributed by atoms with Crippen molar-refractivity contribution in [1.29, 1.82) is 0 Å². The van der Waals surface area contributed by atoms with Gasteiger partial charge in [0.25, 0.3) is 5.91 Å². The molecule has 0 unspecified atom stereocenters. The van der Waals surface area contributed by atoms with Crippen LogP contribution in [-0.2, 0) is 4.74 Å². The summed E-state index contributed by atoms with van der Waals surface area (Å²) in [6, 6.07) is 15.3. The van der Waals surface area contributed by atoms with Crippen LogP contribution in [0.15, 0.2) is 48.5 Å². The van der Waals surface area contributed by atoms with Gasteiger partial charge < -0.3 is 20.4 Å². The summed E-state index contributed by atoms with van der Waals surface area (Å²) in [5.41, 5.74) is 11.0. The molecule has 0 aliphatic carbocycles. The number of rotatable bonds is 3. The number of carbonyl (C=O) groups is 1. The molecule has 1 saturated heterocycles. The lowest BCUT2D eigenvalue weighted by molar-refractivity contribution is 0.100. The van der Waals surface area contributed by atoms with E-state index in [9.17, 15) is 4.79 Å². The number of carbonyl (C=O) groups excluding carboxylic acids is 1. The molecule has 7 heteroatoms. The molecule has 2 aromatic carbocycles. The van der Waals surface area contributed by atoms with Crippen molar-refractivity contribution in [3.05, 3.63) is 59.1 Å². The number of pyridine rings is 1. The van der Waals surface area contributed by atoms with Crippen molar-refractivity contribution in [3.8, 4) is 11.3 Å². The van der Waals surface area contributed by atoms with Crippen LogP contribution in [0, 0.1) is 0 Å². The Kier molecular flexibility index (Phi) is 4.38. The van der Waals surface area contributed by atoms with Crippen molar-refractivity contribution in [2.75, 3.05) is 31.2 Å². The first-order valence-corrected chi connectivity index (χ1v) is 9.83. The number of anilines is 1. The lowest BCUT2D eigenvalue weighted by Crippen LogP contribution is -2.36. The molecule has 0 radical (unpaired) electrons. The molecule has 29 heavy (non-hydrogen) atoms. The number of nitrogens with two attached hydrogens (primary N) is 1. The minimum Gasteiger partial charge on any atom is -0.378 e. The minimum absolute atomic E-state index is 0.411. The van der Waals surface area contributed by atoms with Crippen molar-refractivity contribution < 1.29 is 9.53 Å². The molecule has 0 atom stereocenters. The summed E-state index contributed by atoms with van der Waals surface area (Å²) in [6.07, 6.45) is 0. The van der Waals surface area contributed by atoms with Crippen LogP contribution in [-0.4, -0.2) is 42.2 Å². The molecular weight excluding hydrogens is 388 g/mol. The summed E-state index contributed by atoms with van der Waals surface area (Å²) in [4.78, 5) is 22.6. The Morgan fingerprint density at radius 3 is 2.72 bits per heavy atom. The molecule has 3 N–H and O–H groups in total. The van der Waals surface area contributed by atoms with Gasteiger partial charge in [-0.1, -0.05) is 23.7 Å². The van der Waals surface area contributed by atoms with Crippen molar-refractivity contribution in [1.82, 2.24) is 9.97 Å². The first kappa shape index (κ1) is 18.0. The zero-order valence-electron chi connectivity index (χ0n) is 15.6. The van der Waals surface area contributed by atoms with Gasteiger partial charge in [0.2, 0.25) is 0 Å². The van der Waals surface area contributed by atoms with Crippen molar-refractivity contribution in [3.63, 3.8) is 0 Å². The number of H-pyrrole nitrogens is 1. The summed E-state index contributed by atoms with van der Waals surface area (Å²) in [5, 5.41) is 1.56. The number of fused-ring (bicyclic) bond motifs is 3. The lowest BCUT2D eigenvalue weighted by Gasteiger charge is -2.28. The van der Waals surface area contributed by atoms with E-state index in [2.05, 4.69) is 22.0 Å². The second-order valence-corrected chi connectivity index (χ2v) is 7.54. The van der Waals surface area contributed by atoms with Crippen molar-refractivity contribution in [2.24, 2.45) is 5.73 Å². The van der Waals surface area contributed by atoms with E-state index in [1.54, 1.807) is 12.1 Å². The number of halogens is 1. The van der Waals surface area contributed by atoms with Crippen molar-refractivity contribution in [2.45, 2.75) is 0 Å². The average Bonchev–Trinajstić information content (AvgIpc) is 3.11. The Morgan fingerprint density at radius 1 is 1.14 bits per heavy atom. The van der Waals surface area contributed by atoms with Crippen LogP contribution in [0.2, 0.25) is 5.02 Å². The molecule has 0 bridgehead atoms. The number of aromatic amines is 1. The van der Waals surface area contributed by atoms with E-state index in [4.69, 9.17) is 27.1 Å². The number of nitrogens with one attached hydrogen (secondary N) is 1. The SMILES string of the molecule is NC(=O)c1cc(-c2cccc(Cl)c2)nc2c1[nH]c1cc(N3CCOCC3)ccc12. The zero-order chi connectivity index (χ0) is 20.0. The molecule has 1 fully saturated rings. The lowest BCUT2D eigenvalue weighted by atomic mass is 10.1. The van der Waals surface area contributed by atoms with E-state index in [-0.39, 0.29) is 0 Å². The summed E-state index contributed by atoms with van der Waals surface area (Å²) in [7, 11) is 0. The number of nitrogens with zero attached hydrogens (tertiary/aromatic N) is 2. The number of benzene rings is 2. The van der Waals surface area contributed by atoms with E-state index in [1.807, 2.05) is 24.3 Å². The van der Waals surface area contributed by atoms with Gasteiger partial charge in [0.1, 0.15) is 0 Å². The predicted octanol–water partition coefficient (Wildman–Crippen LogP) is 3.97. The Balaban J connectivity index is 1.71. The third-order valence-corrected chi connectivity index (χ3v) is 5.53. The largest absolute Gasteiger partial charge is 0.378 e. The van der Waals surface area contributed by atoms with Crippen LogP contribution in [0.5, 0.6) is 0 Å². The van der Waals surface area contributed by atoms with Gasteiger partial charge in [-0.15, -0.1) is 0 Å². The molecule has 3 heterocycles. The quantitative estimate of drug-likeness (QED) is 0.539. The van der Waals surface area contributed by atoms with Gasteiger partial charge in [-0.25, -0.2) is 4.98 Å². The van der Waals surface area contributed by atoms with E-state index in [0.29, 0.717) is 21.8 Å². The number of aromatic nitrogens is 2. The first-order valence-electron chi connectivity index (χ1n) is 9.45. The monoisotopic (exact) mass is 406 g/mol. The fourth-order valence-corrected chi connectivity index (χ4v) is 4.04. The molecule has 4 aromatic rings. The van der Waals surface area contributed by atoms with Crippen LogP contribution in [0.1, 0.15) is 10.4 Å². The molecule has 1 aliphatic heterocycles. The highest BCUT2D eigenvalue weighted by molar-refractivity contribution is 6.30. The van der Waals surface area contributed by atoms with E-state index < -0.39 is 5.91 Å². The Labute approximate surface area is 172 Å². The van der Waals surface area contributed by atoms with Gasteiger partial charge in [0.15, 0.2) is 0 Å². The first-order chi connectivity index (χ1) is 14.1. The second-order valence-electron chi connectivity index (χ2n) is 7.11. The maximum Gasteiger partial charge on any atom is 0.250 e. The van der Waals surface area contributed by atoms with Gasteiger partial charge in [0.05, 0.1) is 41.0 Å². The Bertz CT molecular complexity index is 1240. The van der Waals surface area contributed by atoms with Gasteiger partial charge in [0, 0.05) is 34.7 Å². The number of morpholine rings is 1. The highest BCUT2D eigenvalue weighted by Gasteiger charge is 2.18. The topological polar surface area (TPSA) is 84.2 Å². The van der Waals surface area contributed by atoms with Crippen LogP contribution in [0.3, 0.4) is 0 Å². The van der Waals surface area contributed by atoms with Crippen LogP contribution in [0.4, 0.5) is 5.69 Å². The molecule has 0 saturated carbocycles. The molecule has 0 spiro atoms. The summed E-state index contributed by atoms with van der Waals surface area (Å²) >= 11 is 6.14. The molecular formula is C22H19ClN4O2. The maximum atomic E-state index is 12.2. The highest BCUT2D eigenvalue weighted by atomic mass is 35.5. The minimum atomic E-state index is -0.499. The van der Waals surface area contributed by atoms with Gasteiger partial charge >= 0.3 is 0 Å². The fraction of sp³-hybridized carbons (Fsp3) is 0.182. The zero-order valence-corrected chi connectivity index (χ0v) is 16.4. The normalized spacial score (nSPS) is 14.6. The highest BCUT2D eigenvalue weighted by Crippen LogP contribution is 2.32. The number of hydrogen-bond donors (Lipinski definition) is 2. The third kappa shape index (κ3) is 3.20. The predicted molar refractivity (Wildman–Crippen MR) is 116 cm³/mol. The van der Waals surface area contributed by atoms with Crippen LogP contribution in [0.25, 0.3) is 33.2 Å². The summed E-state index contributed by atoms with van der Waals surface area (Å²) in [5.74, 6) is -0.499. The Hall–Kier alpha value is -3.09. The van der Waals surface area contributed by atoms with E-state index in [1.165, 1.54) is 0 Å². The average molecular weight is 407 g/mol. The summed E-state index contributed by atoms with van der Waals surface area (Å²) < 4.78 is 5.44. The van der Waals surface area contributed by atoms with Gasteiger partial charge in [-0.05, 0) is 36.4 Å². The van der Waals surface area contributed by atoms with Crippen LogP contribution >= 0.6 is 11.6 Å². The van der Waals surface area contributed by atoms with Gasteiger partial charge in [-0.2, -0.15) is 0 Å². The molecule has 6 nitrogen and oxygen atoms in total. The van der Waals surface area contributed by atoms with Crippen molar-refractivity contribution >= 4 is 45.1 Å². The fourth-order valence-electron chi connectivity index (χ4n) is 3.85. The van der Waals surface area contributed by atoms with Gasteiger partial charge in [-0.3, -0.25) is 4.79 Å². The number of primary amides is 1. The second kappa shape index (κ2) is 7.06. The molecule has 146 valence electrons. The number of hydrogen-bond acceptors (Lipinski definition) is 4. The summed E-state index contributed by atoms with van der Waals surface area (Å²) in [6.45, 7) is 3.16. The number of amides is 1. The maximum absolute atomic E-state index is 12.2. The number of ether oxygens (including phenoxy) is 1. The van der Waals surface area contributed by atoms with Crippen LogP contribution < -0.4 is 10.6 Å². The third-order valence-electron chi connectivity index (χ3n) is 5.30. The molecule has 1 amide bonds. The standard InChI is InChI=1S/C22H19ClN4O2/c23-14-3-1-2-13(10-14)18-12-17(22(24)28)21-20(25-18)16-5-4-15(11-19(16)26-21)27-6-8-29-9-7-27/h1-5,10-12,26H,6-9H2,(H2,24,28). The molecule has 1 aliphatic rings.